The Bertz CT molecular complexity index is 531. The van der Waals surface area contributed by atoms with Gasteiger partial charge in [0.15, 0.2) is 29.1 Å². The van der Waals surface area contributed by atoms with Crippen LogP contribution in [0.25, 0.3) is 11.3 Å². The highest BCUT2D eigenvalue weighted by atomic mass is 19.2. The Morgan fingerprint density at radius 2 is 1.83 bits per heavy atom. The van der Waals surface area contributed by atoms with E-state index >= 15 is 0 Å². The van der Waals surface area contributed by atoms with Crippen molar-refractivity contribution in [3.05, 3.63) is 41.7 Å². The lowest BCUT2D eigenvalue weighted by Gasteiger charge is -1.99. The van der Waals surface area contributed by atoms with Crippen LogP contribution in [0.1, 0.15) is 12.3 Å². The lowest BCUT2D eigenvalue weighted by molar-refractivity contribution is 0.446. The number of benzene rings is 1. The van der Waals surface area contributed by atoms with Gasteiger partial charge >= 0.3 is 0 Å². The van der Waals surface area contributed by atoms with Crippen LogP contribution in [0.15, 0.2) is 22.7 Å². The van der Waals surface area contributed by atoms with Gasteiger partial charge in [-0.25, -0.2) is 18.2 Å². The van der Waals surface area contributed by atoms with Crippen molar-refractivity contribution in [2.45, 2.75) is 12.8 Å². The molecule has 2 N–H and O–H groups in total. The van der Waals surface area contributed by atoms with Gasteiger partial charge in [-0.3, -0.25) is 0 Å². The van der Waals surface area contributed by atoms with Gasteiger partial charge in [0.25, 0.3) is 0 Å². The van der Waals surface area contributed by atoms with Gasteiger partial charge < -0.3 is 10.2 Å². The molecule has 0 atom stereocenters. The number of nitrogens with zero attached hydrogens (tertiary/aromatic N) is 1. The first kappa shape index (κ1) is 12.6. The van der Waals surface area contributed by atoms with Crippen LogP contribution in [0.4, 0.5) is 13.2 Å². The van der Waals surface area contributed by atoms with Gasteiger partial charge in [0.05, 0.1) is 6.20 Å². The highest BCUT2D eigenvalue weighted by Gasteiger charge is 2.14. The summed E-state index contributed by atoms with van der Waals surface area (Å²) in [5.41, 5.74) is 5.45. The fourth-order valence-electron chi connectivity index (χ4n) is 1.51. The van der Waals surface area contributed by atoms with E-state index in [-0.39, 0.29) is 11.3 Å². The molecule has 3 nitrogen and oxygen atoms in total. The predicted molar refractivity (Wildman–Crippen MR) is 59.2 cm³/mol. The number of hydrogen-bond acceptors (Lipinski definition) is 3. The molecular weight excluding hydrogens is 245 g/mol. The summed E-state index contributed by atoms with van der Waals surface area (Å²) in [7, 11) is 0. The van der Waals surface area contributed by atoms with Crippen molar-refractivity contribution in [1.29, 1.82) is 0 Å². The first-order chi connectivity index (χ1) is 8.61. The van der Waals surface area contributed by atoms with Gasteiger partial charge in [-0.2, -0.15) is 0 Å². The van der Waals surface area contributed by atoms with Crippen LogP contribution in [0, 0.1) is 17.5 Å². The van der Waals surface area contributed by atoms with Gasteiger partial charge in [0.1, 0.15) is 0 Å². The first-order valence-electron chi connectivity index (χ1n) is 5.41. The van der Waals surface area contributed by atoms with Crippen molar-refractivity contribution in [3.63, 3.8) is 0 Å². The molecule has 96 valence electrons. The predicted octanol–water partition coefficient (Wildman–Crippen LogP) is 2.65. The second-order valence-corrected chi connectivity index (χ2v) is 3.76. The van der Waals surface area contributed by atoms with Gasteiger partial charge in [0, 0.05) is 12.0 Å². The molecule has 0 saturated carbocycles. The zero-order chi connectivity index (χ0) is 13.1. The third-order valence-corrected chi connectivity index (χ3v) is 2.42. The van der Waals surface area contributed by atoms with Crippen molar-refractivity contribution in [2.24, 2.45) is 5.73 Å². The Morgan fingerprint density at radius 3 is 2.44 bits per heavy atom. The summed E-state index contributed by atoms with van der Waals surface area (Å²) < 4.78 is 44.2. The smallest absolute Gasteiger partial charge is 0.194 e. The molecule has 18 heavy (non-hydrogen) atoms. The fourth-order valence-corrected chi connectivity index (χ4v) is 1.51. The molecule has 0 saturated heterocycles. The first-order valence-corrected chi connectivity index (χ1v) is 5.41. The minimum atomic E-state index is -1.50. The summed E-state index contributed by atoms with van der Waals surface area (Å²) in [4.78, 5) is 3.95. The largest absolute Gasteiger partial charge is 0.441 e. The minimum absolute atomic E-state index is 0.109. The second-order valence-electron chi connectivity index (χ2n) is 3.76. The van der Waals surface area contributed by atoms with Crippen LogP contribution in [0.5, 0.6) is 0 Å². The monoisotopic (exact) mass is 256 g/mol. The van der Waals surface area contributed by atoms with Crippen molar-refractivity contribution in [3.8, 4) is 11.3 Å². The van der Waals surface area contributed by atoms with Crippen molar-refractivity contribution < 1.29 is 17.6 Å². The third kappa shape index (κ3) is 2.53. The summed E-state index contributed by atoms with van der Waals surface area (Å²) in [6, 6.07) is 1.73. The van der Waals surface area contributed by atoms with Crippen LogP contribution in [-0.2, 0) is 6.42 Å². The standard InChI is InChI=1S/C12H11F3N2O/c13-8-4-7(5-9(14)12(8)15)10-6-17-11(18-10)2-1-3-16/h4-6H,1-3,16H2. The molecule has 0 amide bonds. The maximum Gasteiger partial charge on any atom is 0.194 e. The number of rotatable bonds is 4. The topological polar surface area (TPSA) is 52.0 Å². The molecule has 0 aliphatic carbocycles. The Balaban J connectivity index is 2.28. The molecule has 0 bridgehead atoms. The van der Waals surface area contributed by atoms with Crippen molar-refractivity contribution in [2.75, 3.05) is 6.54 Å². The van der Waals surface area contributed by atoms with Gasteiger partial charge in [0.2, 0.25) is 0 Å². The molecule has 0 radical (unpaired) electrons. The van der Waals surface area contributed by atoms with E-state index in [4.69, 9.17) is 10.2 Å². The molecule has 0 aliphatic heterocycles. The van der Waals surface area contributed by atoms with Crippen LogP contribution < -0.4 is 5.73 Å². The van der Waals surface area contributed by atoms with E-state index in [9.17, 15) is 13.2 Å². The molecule has 6 heteroatoms. The number of aromatic nitrogens is 1. The number of nitrogens with two attached hydrogens (primary N) is 1. The average molecular weight is 256 g/mol. The summed E-state index contributed by atoms with van der Waals surface area (Å²) >= 11 is 0. The van der Waals surface area contributed by atoms with E-state index in [0.717, 1.165) is 12.1 Å². The highest BCUT2D eigenvalue weighted by molar-refractivity contribution is 5.56. The maximum atomic E-state index is 13.0. The van der Waals surface area contributed by atoms with Crippen molar-refractivity contribution >= 4 is 0 Å². The van der Waals surface area contributed by atoms with Crippen LogP contribution in [0.3, 0.4) is 0 Å². The van der Waals surface area contributed by atoms with E-state index in [1.807, 2.05) is 0 Å². The SMILES string of the molecule is NCCCc1ncc(-c2cc(F)c(F)c(F)c2)o1. The Morgan fingerprint density at radius 1 is 1.17 bits per heavy atom. The van der Waals surface area contributed by atoms with E-state index in [2.05, 4.69) is 4.98 Å². The maximum absolute atomic E-state index is 13.0. The van der Waals surface area contributed by atoms with E-state index in [0.29, 0.717) is 25.3 Å². The second kappa shape index (κ2) is 5.22. The Kier molecular flexibility index (Phi) is 3.66. The van der Waals surface area contributed by atoms with Crippen molar-refractivity contribution in [1.82, 2.24) is 4.98 Å². The molecule has 0 aliphatic rings. The molecule has 0 fully saturated rings. The normalized spacial score (nSPS) is 10.9. The zero-order valence-electron chi connectivity index (χ0n) is 9.42. The Hall–Kier alpha value is -1.82. The summed E-state index contributed by atoms with van der Waals surface area (Å²) in [6.07, 6.45) is 2.59. The zero-order valence-corrected chi connectivity index (χ0v) is 9.42. The van der Waals surface area contributed by atoms with Crippen LogP contribution in [0.2, 0.25) is 0 Å². The van der Waals surface area contributed by atoms with Crippen LogP contribution >= 0.6 is 0 Å². The van der Waals surface area contributed by atoms with E-state index < -0.39 is 17.5 Å². The summed E-state index contributed by atoms with van der Waals surface area (Å²) in [5, 5.41) is 0. The van der Waals surface area contributed by atoms with Gasteiger partial charge in [-0.05, 0) is 25.1 Å². The lowest BCUT2D eigenvalue weighted by Crippen LogP contribution is -2.00. The molecule has 1 heterocycles. The molecule has 1 aromatic heterocycles. The number of aryl methyl sites for hydroxylation is 1. The Labute approximate surface area is 101 Å². The number of hydrogen-bond donors (Lipinski definition) is 1. The quantitative estimate of drug-likeness (QED) is 0.855. The molecule has 0 unspecified atom stereocenters. The molecule has 1 aromatic carbocycles. The molecule has 0 spiro atoms. The molecule has 2 aromatic rings. The van der Waals surface area contributed by atoms with Gasteiger partial charge in [-0.1, -0.05) is 0 Å². The minimum Gasteiger partial charge on any atom is -0.441 e. The van der Waals surface area contributed by atoms with Gasteiger partial charge in [-0.15, -0.1) is 0 Å². The number of oxazole rings is 1. The number of halogens is 3. The van der Waals surface area contributed by atoms with Crippen LogP contribution in [-0.4, -0.2) is 11.5 Å². The van der Waals surface area contributed by atoms with E-state index in [1.54, 1.807) is 0 Å². The summed E-state index contributed by atoms with van der Waals surface area (Å²) in [5.74, 6) is -3.39. The third-order valence-electron chi connectivity index (χ3n) is 2.42. The highest BCUT2D eigenvalue weighted by Crippen LogP contribution is 2.24. The average Bonchev–Trinajstić information content (AvgIpc) is 2.81. The van der Waals surface area contributed by atoms with E-state index in [1.165, 1.54) is 6.20 Å². The fraction of sp³-hybridized carbons (Fsp3) is 0.250. The molecule has 2 rings (SSSR count). The molecular formula is C12H11F3N2O. The summed E-state index contributed by atoms with van der Waals surface area (Å²) in [6.45, 7) is 0.498. The lowest BCUT2D eigenvalue weighted by atomic mass is 10.1.